The molecule has 0 saturated carbocycles. The molecule has 0 aromatic heterocycles. The van der Waals surface area contributed by atoms with E-state index in [-0.39, 0.29) is 22.7 Å². The van der Waals surface area contributed by atoms with Crippen LogP contribution in [0.4, 0.5) is 0 Å². The van der Waals surface area contributed by atoms with Crippen LogP contribution in [-0.4, -0.2) is 29.1 Å². The zero-order valence-corrected chi connectivity index (χ0v) is 8.27. The molecular formula is C10H10O5. The Kier molecular flexibility index (Phi) is 2.94. The van der Waals surface area contributed by atoms with Crippen molar-refractivity contribution in [2.45, 2.75) is 6.92 Å². The van der Waals surface area contributed by atoms with Gasteiger partial charge in [-0.05, 0) is 19.1 Å². The number of hydrogen-bond acceptors (Lipinski definition) is 4. The Labute approximate surface area is 85.9 Å². The van der Waals surface area contributed by atoms with E-state index in [1.54, 1.807) is 0 Å². The molecule has 5 heteroatoms. The Morgan fingerprint density at radius 3 is 2.33 bits per heavy atom. The molecule has 0 fully saturated rings. The lowest BCUT2D eigenvalue weighted by atomic mass is 10.1. The molecule has 0 radical (unpaired) electrons. The minimum absolute atomic E-state index is 0.0277. The van der Waals surface area contributed by atoms with Crippen LogP contribution in [-0.2, 0) is 0 Å². The largest absolute Gasteiger partial charge is 0.504 e. The van der Waals surface area contributed by atoms with Gasteiger partial charge in [0, 0.05) is 5.56 Å². The minimum Gasteiger partial charge on any atom is -0.504 e. The van der Waals surface area contributed by atoms with E-state index in [0.29, 0.717) is 0 Å². The average molecular weight is 210 g/mol. The molecule has 15 heavy (non-hydrogen) atoms. The van der Waals surface area contributed by atoms with Gasteiger partial charge in [0.1, 0.15) is 5.56 Å². The number of Topliss-reactive ketones (excluding diaryl/α,β-unsaturated/α-hetero) is 1. The van der Waals surface area contributed by atoms with Crippen molar-refractivity contribution >= 4 is 11.8 Å². The first kappa shape index (κ1) is 11.0. The van der Waals surface area contributed by atoms with E-state index in [0.717, 1.165) is 6.07 Å². The van der Waals surface area contributed by atoms with E-state index in [1.165, 1.54) is 20.1 Å². The highest BCUT2D eigenvalue weighted by molar-refractivity contribution is 5.99. The summed E-state index contributed by atoms with van der Waals surface area (Å²) in [6, 6.07) is 2.41. The monoisotopic (exact) mass is 210 g/mol. The van der Waals surface area contributed by atoms with Gasteiger partial charge in [-0.1, -0.05) is 0 Å². The topological polar surface area (TPSA) is 83.8 Å². The number of hydrogen-bond donors (Lipinski definition) is 2. The smallest absolute Gasteiger partial charge is 0.339 e. The molecule has 0 atom stereocenters. The molecule has 0 amide bonds. The predicted molar refractivity (Wildman–Crippen MR) is 51.6 cm³/mol. The molecule has 2 N–H and O–H groups in total. The summed E-state index contributed by atoms with van der Waals surface area (Å²) in [5.74, 6) is -2.11. The lowest BCUT2D eigenvalue weighted by molar-refractivity contribution is 0.0693. The van der Waals surface area contributed by atoms with Crippen molar-refractivity contribution in [3.63, 3.8) is 0 Å². The van der Waals surface area contributed by atoms with Crippen LogP contribution in [0.3, 0.4) is 0 Å². The zero-order valence-electron chi connectivity index (χ0n) is 8.27. The van der Waals surface area contributed by atoms with Crippen LogP contribution in [0.5, 0.6) is 11.5 Å². The summed E-state index contributed by atoms with van der Waals surface area (Å²) < 4.78 is 4.76. The van der Waals surface area contributed by atoms with Crippen molar-refractivity contribution in [2.75, 3.05) is 7.11 Å². The maximum atomic E-state index is 11.1. The molecule has 80 valence electrons. The van der Waals surface area contributed by atoms with Gasteiger partial charge in [0.25, 0.3) is 0 Å². The maximum Gasteiger partial charge on any atom is 0.339 e. The first-order chi connectivity index (χ1) is 6.97. The molecule has 5 nitrogen and oxygen atoms in total. The van der Waals surface area contributed by atoms with E-state index in [9.17, 15) is 14.7 Å². The lowest BCUT2D eigenvalue weighted by Gasteiger charge is -2.07. The normalized spacial score (nSPS) is 9.73. The van der Waals surface area contributed by atoms with Crippen LogP contribution in [0.25, 0.3) is 0 Å². The fourth-order valence-electron chi connectivity index (χ4n) is 1.13. The van der Waals surface area contributed by atoms with Gasteiger partial charge in [-0.2, -0.15) is 0 Å². The molecule has 1 aromatic carbocycles. The number of carbonyl (C=O) groups excluding carboxylic acids is 1. The number of carboxylic acids is 1. The van der Waals surface area contributed by atoms with Gasteiger partial charge in [-0.25, -0.2) is 4.79 Å². The number of benzene rings is 1. The standard InChI is InChI=1S/C10H10O5/c1-5(11)6-3-7(10(13)14)9(12)8(4-6)15-2/h3-4,12H,1-2H3,(H,13,14). The van der Waals surface area contributed by atoms with E-state index in [4.69, 9.17) is 9.84 Å². The second-order valence-electron chi connectivity index (χ2n) is 2.94. The highest BCUT2D eigenvalue weighted by atomic mass is 16.5. The maximum absolute atomic E-state index is 11.1. The number of carboxylic acid groups (broad SMARTS) is 1. The average Bonchev–Trinajstić information content (AvgIpc) is 2.17. The van der Waals surface area contributed by atoms with Gasteiger partial charge in [-0.15, -0.1) is 0 Å². The Morgan fingerprint density at radius 2 is 1.93 bits per heavy atom. The van der Waals surface area contributed by atoms with Crippen LogP contribution >= 0.6 is 0 Å². The molecule has 0 heterocycles. The van der Waals surface area contributed by atoms with Gasteiger partial charge >= 0.3 is 5.97 Å². The number of aromatic carboxylic acids is 1. The quantitative estimate of drug-likeness (QED) is 0.734. The van der Waals surface area contributed by atoms with Crippen LogP contribution < -0.4 is 4.74 Å². The molecule has 1 rings (SSSR count). The van der Waals surface area contributed by atoms with Crippen molar-refractivity contribution in [1.82, 2.24) is 0 Å². The third-order valence-corrected chi connectivity index (χ3v) is 1.93. The summed E-state index contributed by atoms with van der Waals surface area (Å²) in [6.45, 7) is 1.30. The van der Waals surface area contributed by atoms with E-state index < -0.39 is 11.7 Å². The highest BCUT2D eigenvalue weighted by Crippen LogP contribution is 2.31. The van der Waals surface area contributed by atoms with Gasteiger partial charge in [-0.3, -0.25) is 4.79 Å². The van der Waals surface area contributed by atoms with Crippen LogP contribution in [0, 0.1) is 0 Å². The Bertz CT molecular complexity index is 422. The van der Waals surface area contributed by atoms with Crippen molar-refractivity contribution in [1.29, 1.82) is 0 Å². The lowest BCUT2D eigenvalue weighted by Crippen LogP contribution is -2.02. The molecule has 0 unspecified atom stereocenters. The van der Waals surface area contributed by atoms with Crippen LogP contribution in [0.1, 0.15) is 27.6 Å². The zero-order chi connectivity index (χ0) is 11.6. The summed E-state index contributed by atoms with van der Waals surface area (Å²) >= 11 is 0. The Hall–Kier alpha value is -2.04. The van der Waals surface area contributed by atoms with Gasteiger partial charge in [0.05, 0.1) is 7.11 Å². The number of carbonyl (C=O) groups is 2. The number of methoxy groups -OCH3 is 1. The summed E-state index contributed by atoms with van der Waals surface area (Å²) in [7, 11) is 1.28. The van der Waals surface area contributed by atoms with Crippen molar-refractivity contribution < 1.29 is 24.5 Å². The summed E-state index contributed by atoms with van der Waals surface area (Å²) in [6.07, 6.45) is 0. The fourth-order valence-corrected chi connectivity index (χ4v) is 1.13. The molecule has 0 spiro atoms. The van der Waals surface area contributed by atoms with Gasteiger partial charge in [0.2, 0.25) is 0 Å². The molecule has 0 aliphatic carbocycles. The van der Waals surface area contributed by atoms with Gasteiger partial charge < -0.3 is 14.9 Å². The summed E-state index contributed by atoms with van der Waals surface area (Å²) in [5, 5.41) is 18.2. The summed E-state index contributed by atoms with van der Waals surface area (Å²) in [4.78, 5) is 21.8. The van der Waals surface area contributed by atoms with Crippen molar-refractivity contribution in [2.24, 2.45) is 0 Å². The molecule has 1 aromatic rings. The number of phenols is 1. The van der Waals surface area contributed by atoms with Crippen LogP contribution in [0.15, 0.2) is 12.1 Å². The van der Waals surface area contributed by atoms with Gasteiger partial charge in [0.15, 0.2) is 17.3 Å². The Morgan fingerprint density at radius 1 is 1.33 bits per heavy atom. The third-order valence-electron chi connectivity index (χ3n) is 1.93. The Balaban J connectivity index is 3.45. The minimum atomic E-state index is -1.31. The second kappa shape index (κ2) is 4.00. The highest BCUT2D eigenvalue weighted by Gasteiger charge is 2.17. The molecule has 0 bridgehead atoms. The van der Waals surface area contributed by atoms with E-state index in [1.807, 2.05) is 0 Å². The van der Waals surface area contributed by atoms with Crippen LogP contribution in [0.2, 0.25) is 0 Å². The van der Waals surface area contributed by atoms with Crippen molar-refractivity contribution in [3.8, 4) is 11.5 Å². The number of aromatic hydroxyl groups is 1. The van der Waals surface area contributed by atoms with E-state index >= 15 is 0 Å². The van der Waals surface area contributed by atoms with E-state index in [2.05, 4.69) is 0 Å². The fraction of sp³-hybridized carbons (Fsp3) is 0.200. The number of ether oxygens (including phenoxy) is 1. The molecule has 0 aliphatic heterocycles. The molecule has 0 saturated heterocycles. The predicted octanol–water partition coefficient (Wildman–Crippen LogP) is 1.30. The molecule has 0 aliphatic rings. The number of ketones is 1. The first-order valence-electron chi connectivity index (χ1n) is 4.12. The number of rotatable bonds is 3. The third kappa shape index (κ3) is 2.07. The molecular weight excluding hydrogens is 200 g/mol. The summed E-state index contributed by atoms with van der Waals surface area (Å²) in [5.41, 5.74) is -0.165. The second-order valence-corrected chi connectivity index (χ2v) is 2.94. The SMILES string of the molecule is COc1cc(C(C)=O)cc(C(=O)O)c1O. The first-order valence-corrected chi connectivity index (χ1v) is 4.12. The van der Waals surface area contributed by atoms with Crippen molar-refractivity contribution in [3.05, 3.63) is 23.3 Å².